The van der Waals surface area contributed by atoms with Crippen LogP contribution < -0.4 is 10.1 Å². The van der Waals surface area contributed by atoms with Gasteiger partial charge in [-0.15, -0.1) is 0 Å². The van der Waals surface area contributed by atoms with Crippen LogP contribution in [0.2, 0.25) is 5.02 Å². The van der Waals surface area contributed by atoms with Crippen LogP contribution in [0, 0.1) is 11.3 Å². The molecule has 0 saturated carbocycles. The molecule has 0 bridgehead atoms. The number of hydrogen-bond acceptors (Lipinski definition) is 4. The first kappa shape index (κ1) is 20.0. The number of ether oxygens (including phenoxy) is 1. The SMILES string of the molecule is CCOc1ccc(C(C#N)N2CCN(C(=O)Nc3ccc(Cl)cc3)CC2)cc1. The number of benzene rings is 2. The molecule has 0 spiro atoms. The van der Waals surface area contributed by atoms with Crippen LogP contribution in [0.3, 0.4) is 0 Å². The van der Waals surface area contributed by atoms with E-state index in [0.29, 0.717) is 43.5 Å². The molecule has 1 atom stereocenters. The first-order valence-corrected chi connectivity index (χ1v) is 9.66. The summed E-state index contributed by atoms with van der Waals surface area (Å²) in [5.41, 5.74) is 1.64. The average Bonchev–Trinajstić information content (AvgIpc) is 2.72. The minimum absolute atomic E-state index is 0.142. The third-order valence-corrected chi connectivity index (χ3v) is 4.94. The molecule has 1 heterocycles. The highest BCUT2D eigenvalue weighted by molar-refractivity contribution is 6.30. The molecule has 0 aliphatic carbocycles. The lowest BCUT2D eigenvalue weighted by Crippen LogP contribution is -2.50. The predicted molar refractivity (Wildman–Crippen MR) is 110 cm³/mol. The van der Waals surface area contributed by atoms with Crippen molar-refractivity contribution in [2.24, 2.45) is 0 Å². The number of nitriles is 1. The van der Waals surface area contributed by atoms with E-state index in [1.807, 2.05) is 31.2 Å². The van der Waals surface area contributed by atoms with E-state index in [1.54, 1.807) is 29.2 Å². The summed E-state index contributed by atoms with van der Waals surface area (Å²) in [6.45, 7) is 4.96. The molecule has 1 N–H and O–H groups in total. The third-order valence-electron chi connectivity index (χ3n) is 4.69. The van der Waals surface area contributed by atoms with E-state index in [0.717, 1.165) is 11.3 Å². The smallest absolute Gasteiger partial charge is 0.321 e. The predicted octanol–water partition coefficient (Wildman–Crippen LogP) is 4.15. The molecule has 2 amide bonds. The highest BCUT2D eigenvalue weighted by Gasteiger charge is 2.27. The van der Waals surface area contributed by atoms with Crippen molar-refractivity contribution < 1.29 is 9.53 Å². The molecule has 1 aliphatic rings. The number of piperazine rings is 1. The van der Waals surface area contributed by atoms with Crippen molar-refractivity contribution in [2.75, 3.05) is 38.1 Å². The number of anilines is 1. The maximum Gasteiger partial charge on any atom is 0.321 e. The Morgan fingerprint density at radius 2 is 1.79 bits per heavy atom. The Morgan fingerprint density at radius 1 is 1.14 bits per heavy atom. The molecule has 1 unspecified atom stereocenters. The Balaban J connectivity index is 1.56. The molecule has 2 aromatic rings. The van der Waals surface area contributed by atoms with Crippen LogP contribution in [0.25, 0.3) is 0 Å². The van der Waals surface area contributed by atoms with Gasteiger partial charge in [-0.3, -0.25) is 4.90 Å². The standard InChI is InChI=1S/C21H23ClN4O2/c1-2-28-19-9-3-16(4-10-19)20(15-23)25-11-13-26(14-12-25)21(27)24-18-7-5-17(22)6-8-18/h3-10,20H,2,11-14H2,1H3,(H,24,27). The summed E-state index contributed by atoms with van der Waals surface area (Å²) in [6, 6.07) is 16.6. The lowest BCUT2D eigenvalue weighted by molar-refractivity contribution is 0.131. The number of hydrogen-bond donors (Lipinski definition) is 1. The van der Waals surface area contributed by atoms with Gasteiger partial charge in [0.05, 0.1) is 12.7 Å². The van der Waals surface area contributed by atoms with Crippen molar-refractivity contribution >= 4 is 23.3 Å². The second kappa shape index (κ2) is 9.45. The van der Waals surface area contributed by atoms with Gasteiger partial charge < -0.3 is 15.0 Å². The largest absolute Gasteiger partial charge is 0.494 e. The number of halogens is 1. The van der Waals surface area contributed by atoms with Gasteiger partial charge in [0.25, 0.3) is 0 Å². The van der Waals surface area contributed by atoms with Crippen molar-refractivity contribution in [3.63, 3.8) is 0 Å². The van der Waals surface area contributed by atoms with Gasteiger partial charge in [-0.05, 0) is 48.9 Å². The minimum Gasteiger partial charge on any atom is -0.494 e. The number of nitrogens with one attached hydrogen (secondary N) is 1. The monoisotopic (exact) mass is 398 g/mol. The molecule has 6 nitrogen and oxygen atoms in total. The van der Waals surface area contributed by atoms with E-state index in [9.17, 15) is 10.1 Å². The molecular weight excluding hydrogens is 376 g/mol. The van der Waals surface area contributed by atoms with Gasteiger partial charge in [-0.1, -0.05) is 23.7 Å². The number of rotatable bonds is 5. The normalized spacial score (nSPS) is 15.5. The van der Waals surface area contributed by atoms with E-state index in [2.05, 4.69) is 16.3 Å². The number of amides is 2. The number of urea groups is 1. The Hall–Kier alpha value is -2.75. The molecule has 0 aromatic heterocycles. The van der Waals surface area contributed by atoms with Crippen LogP contribution in [0.4, 0.5) is 10.5 Å². The molecule has 1 saturated heterocycles. The quantitative estimate of drug-likeness (QED) is 0.821. The molecule has 7 heteroatoms. The highest BCUT2D eigenvalue weighted by Crippen LogP contribution is 2.24. The maximum absolute atomic E-state index is 12.5. The number of carbonyl (C=O) groups is 1. The molecule has 3 rings (SSSR count). The Kier molecular flexibility index (Phi) is 6.75. The lowest BCUT2D eigenvalue weighted by Gasteiger charge is -2.37. The zero-order valence-corrected chi connectivity index (χ0v) is 16.5. The van der Waals surface area contributed by atoms with Crippen LogP contribution in [0.15, 0.2) is 48.5 Å². The number of nitrogens with zero attached hydrogens (tertiary/aromatic N) is 3. The van der Waals surface area contributed by atoms with Gasteiger partial charge in [-0.25, -0.2) is 4.79 Å². The van der Waals surface area contributed by atoms with Crippen molar-refractivity contribution in [2.45, 2.75) is 13.0 Å². The highest BCUT2D eigenvalue weighted by atomic mass is 35.5. The van der Waals surface area contributed by atoms with Gasteiger partial charge in [0, 0.05) is 36.9 Å². The van der Waals surface area contributed by atoms with E-state index in [-0.39, 0.29) is 12.1 Å². The van der Waals surface area contributed by atoms with E-state index >= 15 is 0 Å². The van der Waals surface area contributed by atoms with Gasteiger partial charge >= 0.3 is 6.03 Å². The van der Waals surface area contributed by atoms with E-state index in [4.69, 9.17) is 16.3 Å². The van der Waals surface area contributed by atoms with Crippen LogP contribution >= 0.6 is 11.6 Å². The Labute approximate surface area is 170 Å². The first-order chi connectivity index (χ1) is 13.6. The summed E-state index contributed by atoms with van der Waals surface area (Å²) in [4.78, 5) is 16.3. The Bertz CT molecular complexity index is 825. The zero-order chi connectivity index (χ0) is 19.9. The molecule has 1 aliphatic heterocycles. The fourth-order valence-corrected chi connectivity index (χ4v) is 3.32. The summed E-state index contributed by atoms with van der Waals surface area (Å²) < 4.78 is 5.46. The molecule has 1 fully saturated rings. The van der Waals surface area contributed by atoms with Crippen LogP contribution in [-0.2, 0) is 0 Å². The molecule has 0 radical (unpaired) electrons. The minimum atomic E-state index is -0.336. The molecule has 146 valence electrons. The second-order valence-corrected chi connectivity index (χ2v) is 6.93. The van der Waals surface area contributed by atoms with E-state index < -0.39 is 0 Å². The summed E-state index contributed by atoms with van der Waals surface area (Å²) in [7, 11) is 0. The Morgan fingerprint density at radius 3 is 2.36 bits per heavy atom. The van der Waals surface area contributed by atoms with Crippen molar-refractivity contribution in [3.8, 4) is 11.8 Å². The number of carbonyl (C=O) groups excluding carboxylic acids is 1. The second-order valence-electron chi connectivity index (χ2n) is 6.49. The van der Waals surface area contributed by atoms with Crippen molar-refractivity contribution in [1.29, 1.82) is 5.26 Å². The first-order valence-electron chi connectivity index (χ1n) is 9.28. The zero-order valence-electron chi connectivity index (χ0n) is 15.8. The van der Waals surface area contributed by atoms with Crippen molar-refractivity contribution in [3.05, 3.63) is 59.1 Å². The third kappa shape index (κ3) is 4.94. The molecular formula is C21H23ClN4O2. The summed E-state index contributed by atoms with van der Waals surface area (Å²) >= 11 is 5.87. The van der Waals surface area contributed by atoms with E-state index in [1.165, 1.54) is 0 Å². The van der Waals surface area contributed by atoms with Crippen LogP contribution in [0.1, 0.15) is 18.5 Å². The molecule has 28 heavy (non-hydrogen) atoms. The van der Waals surface area contributed by atoms with Crippen molar-refractivity contribution in [1.82, 2.24) is 9.80 Å². The summed E-state index contributed by atoms with van der Waals surface area (Å²) in [6.07, 6.45) is 0. The molecule has 2 aromatic carbocycles. The average molecular weight is 399 g/mol. The van der Waals surface area contributed by atoms with Crippen LogP contribution in [-0.4, -0.2) is 48.6 Å². The van der Waals surface area contributed by atoms with Gasteiger partial charge in [-0.2, -0.15) is 5.26 Å². The van der Waals surface area contributed by atoms with Gasteiger partial charge in [0.2, 0.25) is 0 Å². The maximum atomic E-state index is 12.5. The summed E-state index contributed by atoms with van der Waals surface area (Å²) in [5.74, 6) is 0.798. The summed E-state index contributed by atoms with van der Waals surface area (Å²) in [5, 5.41) is 13.2. The van der Waals surface area contributed by atoms with Gasteiger partial charge in [0.1, 0.15) is 11.8 Å². The van der Waals surface area contributed by atoms with Crippen LogP contribution in [0.5, 0.6) is 5.75 Å². The fraction of sp³-hybridized carbons (Fsp3) is 0.333. The topological polar surface area (TPSA) is 68.6 Å². The van der Waals surface area contributed by atoms with Gasteiger partial charge in [0.15, 0.2) is 0 Å². The fourth-order valence-electron chi connectivity index (χ4n) is 3.20. The lowest BCUT2D eigenvalue weighted by atomic mass is 10.1.